The van der Waals surface area contributed by atoms with Crippen molar-refractivity contribution < 1.29 is 28.8 Å². The number of rotatable bonds is 3. The fourth-order valence-corrected chi connectivity index (χ4v) is 2.43. The van der Waals surface area contributed by atoms with Crippen LogP contribution in [0.4, 0.5) is 0 Å². The van der Waals surface area contributed by atoms with E-state index < -0.39 is 16.9 Å². The first-order chi connectivity index (χ1) is 11.0. The van der Waals surface area contributed by atoms with Gasteiger partial charge in [-0.1, -0.05) is 0 Å². The van der Waals surface area contributed by atoms with Gasteiger partial charge in [-0.05, 0) is 6.07 Å². The smallest absolute Gasteiger partial charge is 0.204 e. The van der Waals surface area contributed by atoms with Crippen LogP contribution in [0.15, 0.2) is 27.4 Å². The molecule has 0 saturated carbocycles. The van der Waals surface area contributed by atoms with E-state index in [0.29, 0.717) is 11.5 Å². The molecule has 23 heavy (non-hydrogen) atoms. The van der Waals surface area contributed by atoms with Gasteiger partial charge in [-0.3, -0.25) is 4.79 Å². The maximum absolute atomic E-state index is 12.7. The van der Waals surface area contributed by atoms with Gasteiger partial charge in [0.2, 0.25) is 11.2 Å². The molecule has 120 valence electrons. The first-order valence-electron chi connectivity index (χ1n) is 6.63. The average Bonchev–Trinajstić information content (AvgIpc) is 2.57. The molecule has 0 saturated heterocycles. The minimum Gasteiger partial charge on any atom is -0.504 e. The Balaban J connectivity index is 2.55. The van der Waals surface area contributed by atoms with Gasteiger partial charge in [0, 0.05) is 12.1 Å². The lowest BCUT2D eigenvalue weighted by molar-refractivity contribution is 0.352. The van der Waals surface area contributed by atoms with Crippen molar-refractivity contribution in [2.45, 2.75) is 0 Å². The fourth-order valence-electron chi connectivity index (χ4n) is 2.43. The van der Waals surface area contributed by atoms with Crippen LogP contribution in [-0.4, -0.2) is 31.5 Å². The standard InChI is InChI=1S/C16H14O7/c1-20-7-4-8-13(17)12-9(23-16(8)11(5-7)22-3)6-10(21-2)14(18)15(12)19/h4-6,18-19H,1-3H3. The molecule has 0 spiro atoms. The van der Waals surface area contributed by atoms with Gasteiger partial charge in [0.15, 0.2) is 22.8 Å². The zero-order valence-corrected chi connectivity index (χ0v) is 12.7. The molecule has 3 rings (SSSR count). The molecular weight excluding hydrogens is 304 g/mol. The van der Waals surface area contributed by atoms with Gasteiger partial charge < -0.3 is 28.8 Å². The van der Waals surface area contributed by atoms with Crippen LogP contribution in [0.1, 0.15) is 0 Å². The van der Waals surface area contributed by atoms with Gasteiger partial charge in [0.05, 0.1) is 26.7 Å². The van der Waals surface area contributed by atoms with Crippen molar-refractivity contribution in [3.8, 4) is 28.7 Å². The van der Waals surface area contributed by atoms with Crippen LogP contribution in [0.5, 0.6) is 28.7 Å². The number of aromatic hydroxyl groups is 2. The molecule has 0 amide bonds. The summed E-state index contributed by atoms with van der Waals surface area (Å²) in [5.74, 6) is -0.425. The van der Waals surface area contributed by atoms with Gasteiger partial charge in [-0.15, -0.1) is 0 Å². The highest BCUT2D eigenvalue weighted by Crippen LogP contribution is 2.42. The Morgan fingerprint density at radius 1 is 0.913 bits per heavy atom. The van der Waals surface area contributed by atoms with Crippen LogP contribution >= 0.6 is 0 Å². The molecule has 0 atom stereocenters. The molecule has 0 fully saturated rings. The number of hydrogen-bond donors (Lipinski definition) is 2. The second-order valence-electron chi connectivity index (χ2n) is 4.79. The van der Waals surface area contributed by atoms with Crippen molar-refractivity contribution in [1.29, 1.82) is 0 Å². The Kier molecular flexibility index (Phi) is 3.40. The Morgan fingerprint density at radius 2 is 1.61 bits per heavy atom. The SMILES string of the molecule is COc1cc(OC)c2oc3cc(OC)c(O)c(O)c3c(=O)c2c1. The van der Waals surface area contributed by atoms with Crippen molar-refractivity contribution in [2.24, 2.45) is 0 Å². The van der Waals surface area contributed by atoms with Crippen molar-refractivity contribution >= 4 is 21.9 Å². The number of methoxy groups -OCH3 is 3. The van der Waals surface area contributed by atoms with Gasteiger partial charge >= 0.3 is 0 Å². The highest BCUT2D eigenvalue weighted by Gasteiger charge is 2.21. The monoisotopic (exact) mass is 318 g/mol. The average molecular weight is 318 g/mol. The predicted octanol–water partition coefficient (Wildman–Crippen LogP) is 2.38. The summed E-state index contributed by atoms with van der Waals surface area (Å²) in [6.45, 7) is 0. The van der Waals surface area contributed by atoms with Crippen LogP contribution in [0.3, 0.4) is 0 Å². The summed E-state index contributed by atoms with van der Waals surface area (Å²) < 4.78 is 21.0. The molecule has 2 N–H and O–H groups in total. The van der Waals surface area contributed by atoms with E-state index in [-0.39, 0.29) is 27.7 Å². The van der Waals surface area contributed by atoms with Crippen molar-refractivity contribution in [3.63, 3.8) is 0 Å². The highest BCUT2D eigenvalue weighted by molar-refractivity contribution is 5.97. The van der Waals surface area contributed by atoms with Crippen LogP contribution < -0.4 is 19.6 Å². The Hall–Kier alpha value is -3.09. The molecule has 2 aromatic carbocycles. The molecular formula is C16H14O7. The van der Waals surface area contributed by atoms with Gasteiger partial charge in [-0.25, -0.2) is 0 Å². The number of phenols is 2. The molecule has 7 nitrogen and oxygen atoms in total. The number of benzene rings is 2. The van der Waals surface area contributed by atoms with E-state index in [1.807, 2.05) is 0 Å². The summed E-state index contributed by atoms with van der Waals surface area (Å²) in [5.41, 5.74) is -0.245. The summed E-state index contributed by atoms with van der Waals surface area (Å²) in [6, 6.07) is 4.38. The summed E-state index contributed by atoms with van der Waals surface area (Å²) >= 11 is 0. The van der Waals surface area contributed by atoms with E-state index in [9.17, 15) is 15.0 Å². The van der Waals surface area contributed by atoms with E-state index in [4.69, 9.17) is 18.6 Å². The largest absolute Gasteiger partial charge is 0.504 e. The molecule has 0 aliphatic heterocycles. The maximum Gasteiger partial charge on any atom is 0.204 e. The molecule has 7 heteroatoms. The molecule has 3 aromatic rings. The minimum atomic E-state index is -0.600. The topological polar surface area (TPSA) is 98.4 Å². The third kappa shape index (κ3) is 2.09. The Morgan fingerprint density at radius 3 is 2.22 bits per heavy atom. The normalized spacial score (nSPS) is 10.9. The van der Waals surface area contributed by atoms with Crippen LogP contribution in [-0.2, 0) is 0 Å². The zero-order chi connectivity index (χ0) is 16.7. The predicted molar refractivity (Wildman–Crippen MR) is 83.0 cm³/mol. The molecule has 0 bridgehead atoms. The first kappa shape index (κ1) is 14.8. The third-order valence-electron chi connectivity index (χ3n) is 3.59. The number of phenolic OH excluding ortho intramolecular Hbond substituents is 2. The molecule has 0 aliphatic carbocycles. The minimum absolute atomic E-state index is 0.00928. The summed E-state index contributed by atoms with van der Waals surface area (Å²) in [5, 5.41) is 20.0. The summed E-state index contributed by atoms with van der Waals surface area (Å²) in [7, 11) is 4.22. The zero-order valence-electron chi connectivity index (χ0n) is 12.7. The van der Waals surface area contributed by atoms with Gasteiger partial charge in [-0.2, -0.15) is 0 Å². The molecule has 0 aliphatic rings. The quantitative estimate of drug-likeness (QED) is 0.565. The summed E-state index contributed by atoms with van der Waals surface area (Å²) in [6.07, 6.45) is 0. The Bertz CT molecular complexity index is 972. The van der Waals surface area contributed by atoms with E-state index in [2.05, 4.69) is 0 Å². The first-order valence-corrected chi connectivity index (χ1v) is 6.63. The second kappa shape index (κ2) is 5.28. The second-order valence-corrected chi connectivity index (χ2v) is 4.79. The molecule has 1 aromatic heterocycles. The van der Waals surface area contributed by atoms with E-state index in [1.54, 1.807) is 6.07 Å². The van der Waals surface area contributed by atoms with E-state index in [0.717, 1.165) is 0 Å². The number of ether oxygens (including phenoxy) is 3. The van der Waals surface area contributed by atoms with Crippen LogP contribution in [0.2, 0.25) is 0 Å². The maximum atomic E-state index is 12.7. The number of hydrogen-bond acceptors (Lipinski definition) is 7. The third-order valence-corrected chi connectivity index (χ3v) is 3.59. The Labute approximate surface area is 130 Å². The molecule has 1 heterocycles. The summed E-state index contributed by atoms with van der Waals surface area (Å²) in [4.78, 5) is 12.7. The molecule has 0 radical (unpaired) electrons. The highest BCUT2D eigenvalue weighted by atomic mass is 16.5. The van der Waals surface area contributed by atoms with Crippen LogP contribution in [0.25, 0.3) is 21.9 Å². The van der Waals surface area contributed by atoms with E-state index >= 15 is 0 Å². The lowest BCUT2D eigenvalue weighted by atomic mass is 10.1. The van der Waals surface area contributed by atoms with E-state index in [1.165, 1.54) is 33.5 Å². The fraction of sp³-hybridized carbons (Fsp3) is 0.188. The van der Waals surface area contributed by atoms with Crippen molar-refractivity contribution in [3.05, 3.63) is 28.4 Å². The van der Waals surface area contributed by atoms with Crippen molar-refractivity contribution in [1.82, 2.24) is 0 Å². The van der Waals surface area contributed by atoms with Crippen LogP contribution in [0, 0.1) is 0 Å². The van der Waals surface area contributed by atoms with Gasteiger partial charge in [0.25, 0.3) is 0 Å². The van der Waals surface area contributed by atoms with Crippen molar-refractivity contribution in [2.75, 3.05) is 21.3 Å². The lowest BCUT2D eigenvalue weighted by Crippen LogP contribution is -2.04. The number of fused-ring (bicyclic) bond motifs is 2. The molecule has 0 unspecified atom stereocenters. The van der Waals surface area contributed by atoms with Gasteiger partial charge in [0.1, 0.15) is 16.7 Å². The lowest BCUT2D eigenvalue weighted by Gasteiger charge is -2.11.